The third-order valence-electron chi connectivity index (χ3n) is 2.69. The Balaban J connectivity index is 2.05. The molecule has 2 aromatic rings. The number of Topliss-reactive ketones (excluding diaryl/α,β-unsaturated/α-hetero) is 1. The van der Waals surface area contributed by atoms with Crippen molar-refractivity contribution in [1.82, 2.24) is 0 Å². The van der Waals surface area contributed by atoms with Gasteiger partial charge in [0.25, 0.3) is 0 Å². The molecule has 2 rings (SSSR count). The second-order valence-electron chi connectivity index (χ2n) is 4.11. The van der Waals surface area contributed by atoms with Crippen molar-refractivity contribution >= 4 is 40.7 Å². The molecule has 0 saturated carbocycles. The first-order chi connectivity index (χ1) is 9.08. The topological polar surface area (TPSA) is 17.1 Å². The van der Waals surface area contributed by atoms with Crippen LogP contribution in [0, 0.1) is 6.92 Å². The van der Waals surface area contributed by atoms with Gasteiger partial charge in [-0.25, -0.2) is 0 Å². The van der Waals surface area contributed by atoms with E-state index in [1.165, 1.54) is 11.8 Å². The van der Waals surface area contributed by atoms with Crippen molar-refractivity contribution in [3.05, 3.63) is 63.6 Å². The smallest absolute Gasteiger partial charge is 0.173 e. The summed E-state index contributed by atoms with van der Waals surface area (Å²) in [5, 5.41) is 1.29. The van der Waals surface area contributed by atoms with Crippen LogP contribution in [0.4, 0.5) is 0 Å². The standard InChI is InChI=1S/C15H12Cl2OS/c1-10-6-7-11(8-13(10)17)14(18)9-19-15-5-3-2-4-12(15)16/h2-8H,9H2,1H3. The summed E-state index contributed by atoms with van der Waals surface area (Å²) >= 11 is 13.5. The Labute approximate surface area is 126 Å². The number of ketones is 1. The lowest BCUT2D eigenvalue weighted by atomic mass is 10.1. The second kappa shape index (κ2) is 6.47. The third-order valence-corrected chi connectivity index (χ3v) is 4.61. The first kappa shape index (κ1) is 14.4. The van der Waals surface area contributed by atoms with Gasteiger partial charge in [0.1, 0.15) is 0 Å². The van der Waals surface area contributed by atoms with Gasteiger partial charge in [-0.05, 0) is 30.7 Å². The van der Waals surface area contributed by atoms with Crippen molar-refractivity contribution in [1.29, 1.82) is 0 Å². The molecule has 19 heavy (non-hydrogen) atoms. The van der Waals surface area contributed by atoms with Crippen LogP contribution in [0.3, 0.4) is 0 Å². The zero-order valence-corrected chi connectivity index (χ0v) is 12.6. The molecule has 0 fully saturated rings. The monoisotopic (exact) mass is 310 g/mol. The highest BCUT2D eigenvalue weighted by Gasteiger charge is 2.09. The summed E-state index contributed by atoms with van der Waals surface area (Å²) in [4.78, 5) is 13.0. The summed E-state index contributed by atoms with van der Waals surface area (Å²) < 4.78 is 0. The fourth-order valence-corrected chi connectivity index (χ4v) is 2.87. The molecule has 0 aromatic heterocycles. The van der Waals surface area contributed by atoms with E-state index < -0.39 is 0 Å². The Bertz CT molecular complexity index is 611. The van der Waals surface area contributed by atoms with Crippen LogP contribution >= 0.6 is 35.0 Å². The molecule has 0 unspecified atom stereocenters. The molecule has 0 saturated heterocycles. The van der Waals surface area contributed by atoms with Crippen LogP contribution in [0.15, 0.2) is 47.4 Å². The molecular formula is C15H12Cl2OS. The largest absolute Gasteiger partial charge is 0.293 e. The fraction of sp³-hybridized carbons (Fsp3) is 0.133. The van der Waals surface area contributed by atoms with Crippen molar-refractivity contribution in [2.24, 2.45) is 0 Å². The van der Waals surface area contributed by atoms with Crippen LogP contribution in [-0.4, -0.2) is 11.5 Å². The molecule has 0 amide bonds. The van der Waals surface area contributed by atoms with Crippen LogP contribution in [0.25, 0.3) is 0 Å². The van der Waals surface area contributed by atoms with E-state index in [1.54, 1.807) is 12.1 Å². The van der Waals surface area contributed by atoms with E-state index in [0.717, 1.165) is 10.5 Å². The molecule has 4 heteroatoms. The molecule has 1 nitrogen and oxygen atoms in total. The van der Waals surface area contributed by atoms with Crippen molar-refractivity contribution in [2.75, 3.05) is 5.75 Å². The first-order valence-corrected chi connectivity index (χ1v) is 7.49. The number of carbonyl (C=O) groups excluding carboxylic acids is 1. The minimum atomic E-state index is 0.0480. The molecule has 0 atom stereocenters. The molecule has 2 aromatic carbocycles. The van der Waals surface area contributed by atoms with Crippen LogP contribution < -0.4 is 0 Å². The van der Waals surface area contributed by atoms with E-state index in [2.05, 4.69) is 0 Å². The lowest BCUT2D eigenvalue weighted by molar-refractivity contribution is 0.102. The molecular weight excluding hydrogens is 299 g/mol. The summed E-state index contributed by atoms with van der Waals surface area (Å²) in [6.45, 7) is 1.91. The van der Waals surface area contributed by atoms with Gasteiger partial charge in [-0.2, -0.15) is 0 Å². The molecule has 0 N–H and O–H groups in total. The van der Waals surface area contributed by atoms with E-state index in [-0.39, 0.29) is 5.78 Å². The Morgan fingerprint density at radius 3 is 2.53 bits per heavy atom. The molecule has 0 bridgehead atoms. The van der Waals surface area contributed by atoms with Gasteiger partial charge in [-0.15, -0.1) is 11.8 Å². The summed E-state index contributed by atoms with van der Waals surface area (Å²) in [6.07, 6.45) is 0. The minimum absolute atomic E-state index is 0.0480. The highest BCUT2D eigenvalue weighted by Crippen LogP contribution is 2.27. The summed E-state index contributed by atoms with van der Waals surface area (Å²) in [5.74, 6) is 0.398. The van der Waals surface area contributed by atoms with Gasteiger partial charge >= 0.3 is 0 Å². The molecule has 0 heterocycles. The van der Waals surface area contributed by atoms with Gasteiger partial charge in [0.05, 0.1) is 10.8 Å². The summed E-state index contributed by atoms with van der Waals surface area (Å²) in [7, 11) is 0. The Morgan fingerprint density at radius 2 is 1.84 bits per heavy atom. The van der Waals surface area contributed by atoms with Crippen LogP contribution in [0.5, 0.6) is 0 Å². The molecule has 0 aliphatic rings. The van der Waals surface area contributed by atoms with Gasteiger partial charge in [-0.3, -0.25) is 4.79 Å². The summed E-state index contributed by atoms with van der Waals surface area (Å²) in [5.41, 5.74) is 1.60. The zero-order chi connectivity index (χ0) is 13.8. The van der Waals surface area contributed by atoms with E-state index in [0.29, 0.717) is 21.4 Å². The molecule has 0 spiro atoms. The van der Waals surface area contributed by atoms with Gasteiger partial charge in [0, 0.05) is 15.5 Å². The van der Waals surface area contributed by atoms with Gasteiger partial charge < -0.3 is 0 Å². The molecule has 0 aliphatic heterocycles. The van der Waals surface area contributed by atoms with E-state index >= 15 is 0 Å². The lowest BCUT2D eigenvalue weighted by Gasteiger charge is -2.05. The molecule has 0 aliphatic carbocycles. The quantitative estimate of drug-likeness (QED) is 0.564. The number of aryl methyl sites for hydroxylation is 1. The maximum atomic E-state index is 12.1. The van der Waals surface area contributed by atoms with Crippen molar-refractivity contribution in [3.63, 3.8) is 0 Å². The van der Waals surface area contributed by atoms with Crippen LogP contribution in [0.1, 0.15) is 15.9 Å². The number of thioether (sulfide) groups is 1. The van der Waals surface area contributed by atoms with Crippen LogP contribution in [-0.2, 0) is 0 Å². The molecule has 98 valence electrons. The van der Waals surface area contributed by atoms with Gasteiger partial charge in [0.15, 0.2) is 5.78 Å². The van der Waals surface area contributed by atoms with Crippen molar-refractivity contribution < 1.29 is 4.79 Å². The maximum Gasteiger partial charge on any atom is 0.173 e. The highest BCUT2D eigenvalue weighted by atomic mass is 35.5. The predicted octanol–water partition coefficient (Wildman–Crippen LogP) is 5.28. The SMILES string of the molecule is Cc1ccc(C(=O)CSc2ccccc2Cl)cc1Cl. The van der Waals surface area contributed by atoms with Crippen molar-refractivity contribution in [2.45, 2.75) is 11.8 Å². The average Bonchev–Trinajstić information content (AvgIpc) is 2.40. The highest BCUT2D eigenvalue weighted by molar-refractivity contribution is 8.00. The fourth-order valence-electron chi connectivity index (χ4n) is 1.55. The molecule has 0 radical (unpaired) electrons. The number of hydrogen-bond donors (Lipinski definition) is 0. The predicted molar refractivity (Wildman–Crippen MR) is 82.7 cm³/mol. The normalized spacial score (nSPS) is 10.5. The lowest BCUT2D eigenvalue weighted by Crippen LogP contribution is -2.02. The minimum Gasteiger partial charge on any atom is -0.293 e. The third kappa shape index (κ3) is 3.75. The number of carbonyl (C=O) groups is 1. The first-order valence-electron chi connectivity index (χ1n) is 5.74. The summed E-state index contributed by atoms with van der Waals surface area (Å²) in [6, 6.07) is 12.9. The number of benzene rings is 2. The van der Waals surface area contributed by atoms with E-state index in [4.69, 9.17) is 23.2 Å². The number of hydrogen-bond acceptors (Lipinski definition) is 2. The second-order valence-corrected chi connectivity index (χ2v) is 5.94. The Morgan fingerprint density at radius 1 is 1.11 bits per heavy atom. The Kier molecular flexibility index (Phi) is 4.92. The Hall–Kier alpha value is -0.960. The van der Waals surface area contributed by atoms with E-state index in [1.807, 2.05) is 37.3 Å². The zero-order valence-electron chi connectivity index (χ0n) is 10.3. The average molecular weight is 311 g/mol. The number of rotatable bonds is 4. The van der Waals surface area contributed by atoms with Crippen LogP contribution in [0.2, 0.25) is 10.0 Å². The van der Waals surface area contributed by atoms with E-state index in [9.17, 15) is 4.79 Å². The maximum absolute atomic E-state index is 12.1. The van der Waals surface area contributed by atoms with Gasteiger partial charge in [-0.1, -0.05) is 47.5 Å². The number of halogens is 2. The van der Waals surface area contributed by atoms with Gasteiger partial charge in [0.2, 0.25) is 0 Å². The van der Waals surface area contributed by atoms with Crippen molar-refractivity contribution in [3.8, 4) is 0 Å².